The molecule has 0 fully saturated rings. The van der Waals surface area contributed by atoms with Gasteiger partial charge in [0.15, 0.2) is 0 Å². The standard InChI is InChI=1S/C10H14ClN5O2/c1-6(17)13-4-5-14-10(18)9-7(11)2-3-8(15-9)16-12/h2-3H,4-5,12H2,1H3,(H,13,17)(H,14,18)(H,15,16). The lowest BCUT2D eigenvalue weighted by molar-refractivity contribution is -0.118. The van der Waals surface area contributed by atoms with E-state index in [1.807, 2.05) is 0 Å². The van der Waals surface area contributed by atoms with Crippen molar-refractivity contribution in [1.82, 2.24) is 15.6 Å². The number of pyridine rings is 1. The molecule has 1 aromatic rings. The normalized spacial score (nSPS) is 9.72. The topological polar surface area (TPSA) is 109 Å². The molecule has 0 aromatic carbocycles. The molecule has 0 aliphatic carbocycles. The Kier molecular flexibility index (Phi) is 5.34. The maximum atomic E-state index is 11.7. The molecule has 0 unspecified atom stereocenters. The van der Waals surface area contributed by atoms with Crippen LogP contribution in [0.5, 0.6) is 0 Å². The van der Waals surface area contributed by atoms with Crippen LogP contribution in [0.15, 0.2) is 12.1 Å². The highest BCUT2D eigenvalue weighted by Gasteiger charge is 2.12. The van der Waals surface area contributed by atoms with Gasteiger partial charge in [0, 0.05) is 20.0 Å². The molecule has 1 aromatic heterocycles. The van der Waals surface area contributed by atoms with E-state index in [1.165, 1.54) is 13.0 Å². The van der Waals surface area contributed by atoms with Gasteiger partial charge in [-0.25, -0.2) is 10.8 Å². The first kappa shape index (κ1) is 14.2. The maximum Gasteiger partial charge on any atom is 0.271 e. The van der Waals surface area contributed by atoms with Crippen molar-refractivity contribution >= 4 is 29.2 Å². The molecule has 0 bridgehead atoms. The van der Waals surface area contributed by atoms with Gasteiger partial charge in [0.25, 0.3) is 5.91 Å². The molecule has 0 atom stereocenters. The average molecular weight is 272 g/mol. The number of halogens is 1. The third-order valence-corrected chi connectivity index (χ3v) is 2.30. The first-order valence-corrected chi connectivity index (χ1v) is 5.58. The van der Waals surface area contributed by atoms with Gasteiger partial charge in [0.2, 0.25) is 5.91 Å². The Bertz CT molecular complexity index is 452. The number of nitrogens with two attached hydrogens (primary N) is 1. The number of hydrazine groups is 1. The zero-order chi connectivity index (χ0) is 13.5. The molecule has 0 aliphatic rings. The molecule has 5 N–H and O–H groups in total. The number of nitrogens with one attached hydrogen (secondary N) is 3. The molecule has 0 radical (unpaired) electrons. The molecule has 0 aliphatic heterocycles. The van der Waals surface area contributed by atoms with Crippen LogP contribution in [0.1, 0.15) is 17.4 Å². The molecule has 7 nitrogen and oxygen atoms in total. The minimum absolute atomic E-state index is 0.0786. The third-order valence-electron chi connectivity index (χ3n) is 1.99. The molecule has 8 heteroatoms. The minimum Gasteiger partial charge on any atom is -0.355 e. The van der Waals surface area contributed by atoms with Crippen molar-refractivity contribution in [2.75, 3.05) is 18.5 Å². The molecule has 1 heterocycles. The maximum absolute atomic E-state index is 11.7. The number of anilines is 1. The van der Waals surface area contributed by atoms with E-state index in [0.717, 1.165) is 0 Å². The van der Waals surface area contributed by atoms with Gasteiger partial charge in [-0.05, 0) is 12.1 Å². The molecular formula is C10H14ClN5O2. The number of nitrogens with zero attached hydrogens (tertiary/aromatic N) is 1. The van der Waals surface area contributed by atoms with E-state index >= 15 is 0 Å². The molecule has 0 saturated heterocycles. The van der Waals surface area contributed by atoms with E-state index in [4.69, 9.17) is 17.4 Å². The van der Waals surface area contributed by atoms with E-state index in [1.54, 1.807) is 6.07 Å². The second-order valence-corrected chi connectivity index (χ2v) is 3.82. The molecular weight excluding hydrogens is 258 g/mol. The summed E-state index contributed by atoms with van der Waals surface area (Å²) in [5.41, 5.74) is 2.40. The summed E-state index contributed by atoms with van der Waals surface area (Å²) in [5.74, 6) is 4.94. The quantitative estimate of drug-likeness (QED) is 0.339. The largest absolute Gasteiger partial charge is 0.355 e. The average Bonchev–Trinajstić information content (AvgIpc) is 2.34. The molecule has 0 saturated carbocycles. The lowest BCUT2D eigenvalue weighted by atomic mass is 10.3. The van der Waals surface area contributed by atoms with Gasteiger partial charge in [-0.2, -0.15) is 0 Å². The van der Waals surface area contributed by atoms with Crippen LogP contribution in [-0.2, 0) is 4.79 Å². The van der Waals surface area contributed by atoms with Crippen molar-refractivity contribution in [2.45, 2.75) is 6.92 Å². The predicted molar refractivity (Wildman–Crippen MR) is 68.1 cm³/mol. The molecule has 0 spiro atoms. The number of carbonyl (C=O) groups excluding carboxylic acids is 2. The predicted octanol–water partition coefficient (Wildman–Crippen LogP) is -0.113. The van der Waals surface area contributed by atoms with Crippen LogP contribution in [0.4, 0.5) is 5.82 Å². The second-order valence-electron chi connectivity index (χ2n) is 3.41. The number of hydrogen-bond acceptors (Lipinski definition) is 5. The van der Waals surface area contributed by atoms with Crippen LogP contribution in [0.25, 0.3) is 0 Å². The number of aromatic nitrogens is 1. The minimum atomic E-state index is -0.428. The van der Waals surface area contributed by atoms with Crippen molar-refractivity contribution in [1.29, 1.82) is 0 Å². The Morgan fingerprint density at radius 3 is 2.61 bits per heavy atom. The van der Waals surface area contributed by atoms with Crippen molar-refractivity contribution in [2.24, 2.45) is 5.84 Å². The molecule has 98 valence electrons. The second kappa shape index (κ2) is 6.77. The Balaban J connectivity index is 2.58. The summed E-state index contributed by atoms with van der Waals surface area (Å²) < 4.78 is 0. The summed E-state index contributed by atoms with van der Waals surface area (Å²) in [7, 11) is 0. The number of carbonyl (C=O) groups is 2. The van der Waals surface area contributed by atoms with Crippen LogP contribution < -0.4 is 21.9 Å². The number of rotatable bonds is 5. The van der Waals surface area contributed by atoms with Gasteiger partial charge in [-0.15, -0.1) is 0 Å². The number of nitrogen functional groups attached to an aromatic ring is 1. The van der Waals surface area contributed by atoms with Gasteiger partial charge in [0.05, 0.1) is 5.02 Å². The van der Waals surface area contributed by atoms with Gasteiger partial charge in [0.1, 0.15) is 11.5 Å². The SMILES string of the molecule is CC(=O)NCCNC(=O)c1nc(NN)ccc1Cl. The van der Waals surface area contributed by atoms with Gasteiger partial charge >= 0.3 is 0 Å². The first-order chi connectivity index (χ1) is 8.54. The smallest absolute Gasteiger partial charge is 0.271 e. The fourth-order valence-electron chi connectivity index (χ4n) is 1.18. The van der Waals surface area contributed by atoms with E-state index in [0.29, 0.717) is 12.4 Å². The lowest BCUT2D eigenvalue weighted by Gasteiger charge is -2.07. The molecule has 2 amide bonds. The Morgan fingerprint density at radius 2 is 2.00 bits per heavy atom. The summed E-state index contributed by atoms with van der Waals surface area (Å²) in [6.07, 6.45) is 0. The highest BCUT2D eigenvalue weighted by molar-refractivity contribution is 6.33. The number of amides is 2. The van der Waals surface area contributed by atoms with E-state index in [9.17, 15) is 9.59 Å². The summed E-state index contributed by atoms with van der Waals surface area (Å²) in [6.45, 7) is 2.03. The van der Waals surface area contributed by atoms with E-state index in [-0.39, 0.29) is 23.2 Å². The van der Waals surface area contributed by atoms with E-state index in [2.05, 4.69) is 21.0 Å². The molecule has 18 heavy (non-hydrogen) atoms. The van der Waals surface area contributed by atoms with E-state index < -0.39 is 5.91 Å². The summed E-state index contributed by atoms with van der Waals surface area (Å²) in [4.78, 5) is 26.3. The summed E-state index contributed by atoms with van der Waals surface area (Å²) in [6, 6.07) is 3.07. The van der Waals surface area contributed by atoms with Crippen LogP contribution in [-0.4, -0.2) is 29.9 Å². The Hall–Kier alpha value is -1.86. The first-order valence-electron chi connectivity index (χ1n) is 5.20. The Morgan fingerprint density at radius 1 is 1.33 bits per heavy atom. The van der Waals surface area contributed by atoms with Crippen LogP contribution in [0, 0.1) is 0 Å². The highest BCUT2D eigenvalue weighted by atomic mass is 35.5. The summed E-state index contributed by atoms with van der Waals surface area (Å²) >= 11 is 5.85. The van der Waals surface area contributed by atoms with Gasteiger partial charge in [-0.1, -0.05) is 11.6 Å². The summed E-state index contributed by atoms with van der Waals surface area (Å²) in [5, 5.41) is 5.36. The van der Waals surface area contributed by atoms with Crippen molar-refractivity contribution < 1.29 is 9.59 Å². The van der Waals surface area contributed by atoms with Crippen molar-refractivity contribution in [3.63, 3.8) is 0 Å². The number of hydrogen-bond donors (Lipinski definition) is 4. The zero-order valence-corrected chi connectivity index (χ0v) is 10.5. The van der Waals surface area contributed by atoms with Crippen LogP contribution in [0.2, 0.25) is 5.02 Å². The molecule has 1 rings (SSSR count). The van der Waals surface area contributed by atoms with Gasteiger partial charge < -0.3 is 16.1 Å². The lowest BCUT2D eigenvalue weighted by Crippen LogP contribution is -2.34. The monoisotopic (exact) mass is 271 g/mol. The highest BCUT2D eigenvalue weighted by Crippen LogP contribution is 2.15. The van der Waals surface area contributed by atoms with Gasteiger partial charge in [-0.3, -0.25) is 9.59 Å². The fraction of sp³-hybridized carbons (Fsp3) is 0.300. The zero-order valence-electron chi connectivity index (χ0n) is 9.79. The van der Waals surface area contributed by atoms with Crippen molar-refractivity contribution in [3.05, 3.63) is 22.8 Å². The van der Waals surface area contributed by atoms with Crippen molar-refractivity contribution in [3.8, 4) is 0 Å². The van der Waals surface area contributed by atoms with Crippen LogP contribution in [0.3, 0.4) is 0 Å². The Labute approximate surface area is 109 Å². The van der Waals surface area contributed by atoms with Crippen LogP contribution >= 0.6 is 11.6 Å². The fourth-order valence-corrected chi connectivity index (χ4v) is 1.37. The third kappa shape index (κ3) is 4.19.